The summed E-state index contributed by atoms with van der Waals surface area (Å²) in [5.41, 5.74) is 3.25. The van der Waals surface area contributed by atoms with Crippen molar-refractivity contribution in [3.05, 3.63) is 107 Å². The van der Waals surface area contributed by atoms with E-state index in [1.54, 1.807) is 6.07 Å². The molecule has 3 aromatic rings. The van der Waals surface area contributed by atoms with E-state index in [4.69, 9.17) is 4.74 Å². The lowest BCUT2D eigenvalue weighted by molar-refractivity contribution is -0.137. The number of likely N-dealkylation sites (N-methyl/N-ethyl adjacent to an activating group) is 1. The van der Waals surface area contributed by atoms with E-state index in [9.17, 15) is 13.2 Å². The fraction of sp³-hybridized carbons (Fsp3) is 0.286. The molecule has 0 radical (unpaired) electrons. The first-order chi connectivity index (χ1) is 15.6. The van der Waals surface area contributed by atoms with Gasteiger partial charge in [0.05, 0.1) is 5.56 Å². The number of rotatable bonds is 6. The molecule has 0 aliphatic carbocycles. The van der Waals surface area contributed by atoms with Crippen LogP contribution in [0.3, 0.4) is 0 Å². The number of alkyl halides is 3. The van der Waals surface area contributed by atoms with Crippen molar-refractivity contribution >= 4 is 5.57 Å². The molecule has 0 aromatic heterocycles. The van der Waals surface area contributed by atoms with Crippen LogP contribution in [0.15, 0.2) is 78.9 Å². The average Bonchev–Trinajstić information content (AvgIpc) is 2.76. The van der Waals surface area contributed by atoms with E-state index in [1.807, 2.05) is 56.3 Å². The average molecular weight is 452 g/mol. The molecular formula is C28H28F3NO. The van der Waals surface area contributed by atoms with Crippen molar-refractivity contribution in [2.24, 2.45) is 0 Å². The highest BCUT2D eigenvalue weighted by atomic mass is 19.4. The van der Waals surface area contributed by atoms with Gasteiger partial charge in [-0.15, -0.1) is 0 Å². The molecule has 5 heteroatoms. The van der Waals surface area contributed by atoms with E-state index in [2.05, 4.69) is 24.1 Å². The molecule has 0 fully saturated rings. The molecule has 3 aromatic carbocycles. The Morgan fingerprint density at radius 1 is 0.879 bits per heavy atom. The van der Waals surface area contributed by atoms with E-state index in [-0.39, 0.29) is 0 Å². The molecular weight excluding hydrogens is 423 g/mol. The van der Waals surface area contributed by atoms with Gasteiger partial charge in [0, 0.05) is 18.7 Å². The minimum Gasteiger partial charge on any atom is -0.483 e. The first-order valence-corrected chi connectivity index (χ1v) is 11.1. The Morgan fingerprint density at radius 2 is 1.64 bits per heavy atom. The van der Waals surface area contributed by atoms with Crippen molar-refractivity contribution < 1.29 is 17.9 Å². The van der Waals surface area contributed by atoms with Gasteiger partial charge in [-0.05, 0) is 73.9 Å². The van der Waals surface area contributed by atoms with Crippen LogP contribution in [-0.2, 0) is 19.1 Å². The molecule has 0 atom stereocenters. The van der Waals surface area contributed by atoms with Gasteiger partial charge in [0.2, 0.25) is 0 Å². The summed E-state index contributed by atoms with van der Waals surface area (Å²) in [5, 5.41) is 0. The second kappa shape index (κ2) is 9.06. The van der Waals surface area contributed by atoms with Gasteiger partial charge in [-0.2, -0.15) is 13.2 Å². The SMILES string of the molecule is CN(CCc1ccc2c(c1)OC(C)(C)C=C2c1cccc(C(F)(F)F)c1)Cc1ccccc1. The van der Waals surface area contributed by atoms with Crippen molar-refractivity contribution in [2.75, 3.05) is 13.6 Å². The molecule has 0 amide bonds. The van der Waals surface area contributed by atoms with E-state index in [1.165, 1.54) is 17.7 Å². The summed E-state index contributed by atoms with van der Waals surface area (Å²) < 4.78 is 46.0. The largest absolute Gasteiger partial charge is 0.483 e. The fourth-order valence-electron chi connectivity index (χ4n) is 4.16. The van der Waals surface area contributed by atoms with Gasteiger partial charge in [0.25, 0.3) is 0 Å². The smallest absolute Gasteiger partial charge is 0.416 e. The van der Waals surface area contributed by atoms with Crippen LogP contribution in [0, 0.1) is 0 Å². The lowest BCUT2D eigenvalue weighted by atomic mass is 9.88. The third kappa shape index (κ3) is 5.66. The Labute approximate surface area is 193 Å². The molecule has 4 rings (SSSR count). The van der Waals surface area contributed by atoms with Crippen LogP contribution in [0.4, 0.5) is 13.2 Å². The highest BCUT2D eigenvalue weighted by Crippen LogP contribution is 2.41. The maximum Gasteiger partial charge on any atom is 0.416 e. The van der Waals surface area contributed by atoms with E-state index in [0.29, 0.717) is 11.3 Å². The summed E-state index contributed by atoms with van der Waals surface area (Å²) in [6.07, 6.45) is -1.63. The van der Waals surface area contributed by atoms with Gasteiger partial charge in [0.15, 0.2) is 0 Å². The molecule has 1 heterocycles. The number of hydrogen-bond donors (Lipinski definition) is 0. The molecule has 0 unspecified atom stereocenters. The van der Waals surface area contributed by atoms with Crippen molar-refractivity contribution in [3.63, 3.8) is 0 Å². The van der Waals surface area contributed by atoms with Gasteiger partial charge < -0.3 is 9.64 Å². The van der Waals surface area contributed by atoms with Crippen LogP contribution >= 0.6 is 0 Å². The summed E-state index contributed by atoms with van der Waals surface area (Å²) in [6.45, 7) is 5.60. The molecule has 172 valence electrons. The zero-order valence-corrected chi connectivity index (χ0v) is 19.1. The molecule has 33 heavy (non-hydrogen) atoms. The normalized spacial score (nSPS) is 15.1. The van der Waals surface area contributed by atoms with Gasteiger partial charge in [-0.25, -0.2) is 0 Å². The number of hydrogen-bond acceptors (Lipinski definition) is 2. The lowest BCUT2D eigenvalue weighted by Gasteiger charge is -2.32. The van der Waals surface area contributed by atoms with Crippen molar-refractivity contribution in [1.29, 1.82) is 0 Å². The van der Waals surface area contributed by atoms with E-state index < -0.39 is 17.3 Å². The monoisotopic (exact) mass is 451 g/mol. The van der Waals surface area contributed by atoms with Gasteiger partial charge >= 0.3 is 6.18 Å². The second-order valence-electron chi connectivity index (χ2n) is 9.15. The highest BCUT2D eigenvalue weighted by Gasteiger charge is 2.32. The molecule has 1 aliphatic heterocycles. The third-order valence-corrected chi connectivity index (χ3v) is 5.78. The van der Waals surface area contributed by atoms with Crippen LogP contribution in [0.1, 0.15) is 41.7 Å². The molecule has 1 aliphatic rings. The number of nitrogens with zero attached hydrogens (tertiary/aromatic N) is 1. The molecule has 0 saturated heterocycles. The summed E-state index contributed by atoms with van der Waals surface area (Å²) >= 11 is 0. The maximum atomic E-state index is 13.3. The molecule has 0 saturated carbocycles. The fourth-order valence-corrected chi connectivity index (χ4v) is 4.16. The summed E-state index contributed by atoms with van der Waals surface area (Å²) in [7, 11) is 2.10. The maximum absolute atomic E-state index is 13.3. The van der Waals surface area contributed by atoms with E-state index in [0.717, 1.165) is 42.3 Å². The molecule has 0 N–H and O–H groups in total. The Bertz CT molecular complexity index is 1150. The number of ether oxygens (including phenoxy) is 1. The van der Waals surface area contributed by atoms with E-state index >= 15 is 0 Å². The number of fused-ring (bicyclic) bond motifs is 1. The zero-order chi connectivity index (χ0) is 23.6. The minimum absolute atomic E-state index is 0.540. The Kier molecular flexibility index (Phi) is 6.35. The standard InChI is InChI=1S/C28H28F3NO/c1-27(2)18-25(22-10-7-11-23(17-22)28(29,30)31)24-13-12-20(16-26(24)33-27)14-15-32(3)19-21-8-5-4-6-9-21/h4-13,16-18H,14-15,19H2,1-3H3. The quantitative estimate of drug-likeness (QED) is 0.401. The van der Waals surface area contributed by atoms with Crippen molar-refractivity contribution in [1.82, 2.24) is 4.90 Å². The zero-order valence-electron chi connectivity index (χ0n) is 19.1. The molecule has 0 spiro atoms. The van der Waals surface area contributed by atoms with Crippen LogP contribution < -0.4 is 4.74 Å². The third-order valence-electron chi connectivity index (χ3n) is 5.78. The summed E-state index contributed by atoms with van der Waals surface area (Å²) in [6, 6.07) is 21.9. The van der Waals surface area contributed by atoms with Crippen molar-refractivity contribution in [3.8, 4) is 5.75 Å². The summed E-state index contributed by atoms with van der Waals surface area (Å²) in [4.78, 5) is 2.27. The Balaban J connectivity index is 1.55. The van der Waals surface area contributed by atoms with Gasteiger partial charge in [0.1, 0.15) is 11.4 Å². The second-order valence-corrected chi connectivity index (χ2v) is 9.15. The van der Waals surface area contributed by atoms with Crippen LogP contribution in [0.2, 0.25) is 0 Å². The first-order valence-electron chi connectivity index (χ1n) is 11.1. The first kappa shape index (κ1) is 23.1. The van der Waals surface area contributed by atoms with Gasteiger partial charge in [-0.1, -0.05) is 54.6 Å². The van der Waals surface area contributed by atoms with Crippen LogP contribution in [-0.4, -0.2) is 24.1 Å². The Morgan fingerprint density at radius 3 is 2.36 bits per heavy atom. The summed E-state index contributed by atoms with van der Waals surface area (Å²) in [5.74, 6) is 0.707. The van der Waals surface area contributed by atoms with Gasteiger partial charge in [-0.3, -0.25) is 0 Å². The molecule has 2 nitrogen and oxygen atoms in total. The van der Waals surface area contributed by atoms with Crippen LogP contribution in [0.25, 0.3) is 5.57 Å². The Hall–Kier alpha value is -3.05. The lowest BCUT2D eigenvalue weighted by Crippen LogP contribution is -2.29. The number of halogens is 3. The van der Waals surface area contributed by atoms with Crippen LogP contribution in [0.5, 0.6) is 5.75 Å². The predicted octanol–water partition coefficient (Wildman–Crippen LogP) is 6.98. The topological polar surface area (TPSA) is 12.5 Å². The van der Waals surface area contributed by atoms with Crippen molar-refractivity contribution in [2.45, 2.75) is 38.6 Å². The minimum atomic E-state index is -4.38. The molecule has 0 bridgehead atoms. The number of benzene rings is 3. The highest BCUT2D eigenvalue weighted by molar-refractivity contribution is 5.85. The predicted molar refractivity (Wildman–Crippen MR) is 126 cm³/mol.